The van der Waals surface area contributed by atoms with Gasteiger partial charge in [0.15, 0.2) is 0 Å². The average Bonchev–Trinajstić information content (AvgIpc) is 2.71. The highest BCUT2D eigenvalue weighted by Gasteiger charge is 2.35. The number of nitrogens with zero attached hydrogens (tertiary/aromatic N) is 1. The number of hydrogen-bond acceptors (Lipinski definition) is 3. The summed E-state index contributed by atoms with van der Waals surface area (Å²) in [4.78, 5) is 29.3. The molecule has 1 N–H and O–H groups in total. The molecule has 9 heteroatoms. The molecule has 5 nitrogen and oxygen atoms in total. The van der Waals surface area contributed by atoms with Crippen molar-refractivity contribution in [2.24, 2.45) is 0 Å². The number of nitrogens with one attached hydrogen (secondary N) is 1. The molecule has 1 aliphatic heterocycles. The molecule has 2 heterocycles. The van der Waals surface area contributed by atoms with Gasteiger partial charge < -0.3 is 14.6 Å². The molecule has 0 spiro atoms. The van der Waals surface area contributed by atoms with E-state index in [1.807, 2.05) is 0 Å². The summed E-state index contributed by atoms with van der Waals surface area (Å²) in [6.07, 6.45) is -4.85. The second kappa shape index (κ2) is 7.24. The number of aromatic nitrogens is 1. The van der Waals surface area contributed by atoms with E-state index in [4.69, 9.17) is 4.74 Å². The van der Waals surface area contributed by atoms with Crippen LogP contribution in [0, 0.1) is 5.82 Å². The van der Waals surface area contributed by atoms with Crippen LogP contribution in [-0.4, -0.2) is 29.4 Å². The fraction of sp³-hybridized carbons (Fsp3) is 0.238. The smallest absolute Gasteiger partial charge is 0.373 e. The Morgan fingerprint density at radius 3 is 2.53 bits per heavy atom. The molecule has 1 unspecified atom stereocenters. The predicted molar refractivity (Wildman–Crippen MR) is 100 cm³/mol. The van der Waals surface area contributed by atoms with Gasteiger partial charge >= 0.3 is 6.18 Å². The van der Waals surface area contributed by atoms with Crippen LogP contribution >= 0.6 is 0 Å². The molecule has 30 heavy (non-hydrogen) atoms. The first kappa shape index (κ1) is 20.1. The summed E-state index contributed by atoms with van der Waals surface area (Å²) in [6.45, 7) is 0.275. The Balaban J connectivity index is 1.75. The van der Waals surface area contributed by atoms with Crippen LogP contribution in [0.3, 0.4) is 0 Å². The predicted octanol–water partition coefficient (Wildman–Crippen LogP) is 4.03. The van der Waals surface area contributed by atoms with Gasteiger partial charge in [0.2, 0.25) is 0 Å². The molecule has 2 aromatic carbocycles. The van der Waals surface area contributed by atoms with Crippen molar-refractivity contribution in [1.29, 1.82) is 0 Å². The van der Waals surface area contributed by atoms with E-state index in [0.717, 1.165) is 6.07 Å². The van der Waals surface area contributed by atoms with Gasteiger partial charge in [-0.3, -0.25) is 9.59 Å². The summed E-state index contributed by atoms with van der Waals surface area (Å²) < 4.78 is 57.9. The third-order valence-corrected chi connectivity index (χ3v) is 5.22. The van der Waals surface area contributed by atoms with Crippen molar-refractivity contribution in [2.45, 2.75) is 18.8 Å². The van der Waals surface area contributed by atoms with Crippen LogP contribution in [-0.2, 0) is 17.5 Å². The number of rotatable bonds is 2. The Labute approximate surface area is 167 Å². The van der Waals surface area contributed by atoms with E-state index in [0.29, 0.717) is 34.2 Å². The van der Waals surface area contributed by atoms with Crippen LogP contribution in [0.5, 0.6) is 0 Å². The first-order chi connectivity index (χ1) is 14.2. The highest BCUT2D eigenvalue weighted by atomic mass is 19.4. The number of carbonyl (C=O) groups is 1. The van der Waals surface area contributed by atoms with Crippen LogP contribution in [0.1, 0.15) is 33.2 Å². The monoisotopic (exact) mass is 420 g/mol. The normalized spacial score (nSPS) is 16.4. The fourth-order valence-electron chi connectivity index (χ4n) is 3.73. The summed E-state index contributed by atoms with van der Waals surface area (Å²) in [6, 6.07) is 8.37. The Bertz CT molecular complexity index is 1200. The van der Waals surface area contributed by atoms with Crippen LogP contribution in [0.2, 0.25) is 0 Å². The lowest BCUT2D eigenvalue weighted by atomic mass is 9.95. The van der Waals surface area contributed by atoms with E-state index in [-0.39, 0.29) is 24.3 Å². The number of likely N-dealkylation sites (N-methyl/N-ethyl adjacent to an activating group) is 1. The highest BCUT2D eigenvalue weighted by molar-refractivity contribution is 5.95. The molecule has 0 radical (unpaired) electrons. The van der Waals surface area contributed by atoms with E-state index in [9.17, 15) is 27.2 Å². The lowest BCUT2D eigenvalue weighted by Crippen LogP contribution is -2.37. The first-order valence-corrected chi connectivity index (χ1v) is 9.04. The maximum atomic E-state index is 13.9. The third-order valence-electron chi connectivity index (χ3n) is 5.22. The third kappa shape index (κ3) is 3.35. The number of amides is 1. The van der Waals surface area contributed by atoms with E-state index in [2.05, 4.69) is 4.98 Å². The second-order valence-corrected chi connectivity index (χ2v) is 7.03. The number of carbonyl (C=O) groups excluding carboxylic acids is 1. The van der Waals surface area contributed by atoms with Crippen molar-refractivity contribution >= 4 is 16.7 Å². The molecule has 0 aliphatic carbocycles. The molecule has 1 atom stereocenters. The summed E-state index contributed by atoms with van der Waals surface area (Å²) in [5.41, 5.74) is -0.722. The number of fused-ring (bicyclic) bond motifs is 3. The van der Waals surface area contributed by atoms with Crippen molar-refractivity contribution in [1.82, 2.24) is 9.88 Å². The molecule has 1 aromatic heterocycles. The van der Waals surface area contributed by atoms with Gasteiger partial charge in [0.25, 0.3) is 11.5 Å². The van der Waals surface area contributed by atoms with E-state index in [1.165, 1.54) is 11.9 Å². The number of benzene rings is 2. The molecule has 0 fully saturated rings. The Morgan fingerprint density at radius 2 is 1.87 bits per heavy atom. The van der Waals surface area contributed by atoms with Crippen molar-refractivity contribution in [3.8, 4) is 0 Å². The minimum atomic E-state index is -4.85. The lowest BCUT2D eigenvalue weighted by molar-refractivity contribution is -0.140. The van der Waals surface area contributed by atoms with Crippen molar-refractivity contribution < 1.29 is 27.1 Å². The zero-order valence-corrected chi connectivity index (χ0v) is 15.7. The molecule has 4 rings (SSSR count). The Hall–Kier alpha value is -3.20. The topological polar surface area (TPSA) is 62.4 Å². The van der Waals surface area contributed by atoms with E-state index >= 15 is 0 Å². The number of H-pyrrole nitrogens is 1. The standard InChI is InChI=1S/C21H16F4N2O3/c1-27(20(29)11-6-7-14(15(22)8-11)21(23,24)25)17-10-30-9-16-18(17)12-4-2-3-5-13(12)19(28)26-16/h2-8,17H,9-10H2,1H3,(H,26,28). The SMILES string of the molecule is CN(C(=O)c1ccc(C(F)(F)F)c(F)c1)C1COCc2[nH]c(=O)c3ccccc3c21. The second-order valence-electron chi connectivity index (χ2n) is 7.03. The summed E-state index contributed by atoms with van der Waals surface area (Å²) in [5.74, 6) is -2.18. The molecule has 0 saturated carbocycles. The summed E-state index contributed by atoms with van der Waals surface area (Å²) in [7, 11) is 1.46. The minimum Gasteiger partial charge on any atom is -0.373 e. The maximum absolute atomic E-state index is 13.9. The molecule has 156 valence electrons. The van der Waals surface area contributed by atoms with Gasteiger partial charge in [-0.25, -0.2) is 4.39 Å². The molecule has 1 aliphatic rings. The van der Waals surface area contributed by atoms with Crippen molar-refractivity contribution in [3.63, 3.8) is 0 Å². The lowest BCUT2D eigenvalue weighted by Gasteiger charge is -2.34. The number of aromatic amines is 1. The van der Waals surface area contributed by atoms with Crippen LogP contribution in [0.25, 0.3) is 10.8 Å². The van der Waals surface area contributed by atoms with Gasteiger partial charge in [-0.05, 0) is 29.7 Å². The van der Waals surface area contributed by atoms with Gasteiger partial charge in [0, 0.05) is 29.3 Å². The zero-order chi connectivity index (χ0) is 21.6. The molecule has 3 aromatic rings. The minimum absolute atomic E-state index is 0.119. The average molecular weight is 420 g/mol. The van der Waals surface area contributed by atoms with Crippen LogP contribution < -0.4 is 5.56 Å². The summed E-state index contributed by atoms with van der Waals surface area (Å²) >= 11 is 0. The molecule has 0 saturated heterocycles. The molecule has 1 amide bonds. The van der Waals surface area contributed by atoms with Gasteiger partial charge in [-0.1, -0.05) is 18.2 Å². The maximum Gasteiger partial charge on any atom is 0.419 e. The van der Waals surface area contributed by atoms with Crippen molar-refractivity contribution in [3.05, 3.63) is 81.0 Å². The Kier molecular flexibility index (Phi) is 4.85. The van der Waals surface area contributed by atoms with Crippen molar-refractivity contribution in [2.75, 3.05) is 13.7 Å². The first-order valence-electron chi connectivity index (χ1n) is 9.04. The largest absolute Gasteiger partial charge is 0.419 e. The number of alkyl halides is 3. The van der Waals surface area contributed by atoms with Gasteiger partial charge in [-0.2, -0.15) is 13.2 Å². The quantitative estimate of drug-likeness (QED) is 0.637. The van der Waals surface area contributed by atoms with E-state index < -0.39 is 29.5 Å². The van der Waals surface area contributed by atoms with Crippen LogP contribution in [0.4, 0.5) is 17.6 Å². The number of halogens is 4. The summed E-state index contributed by atoms with van der Waals surface area (Å²) in [5, 5.41) is 1.10. The number of pyridine rings is 1. The van der Waals surface area contributed by atoms with Gasteiger partial charge in [-0.15, -0.1) is 0 Å². The molecular formula is C21H16F4N2O3. The van der Waals surface area contributed by atoms with Gasteiger partial charge in [0.05, 0.1) is 24.8 Å². The number of hydrogen-bond donors (Lipinski definition) is 1. The van der Waals surface area contributed by atoms with E-state index in [1.54, 1.807) is 24.3 Å². The highest BCUT2D eigenvalue weighted by Crippen LogP contribution is 2.35. The fourth-order valence-corrected chi connectivity index (χ4v) is 3.73. The van der Waals surface area contributed by atoms with Crippen LogP contribution in [0.15, 0.2) is 47.3 Å². The zero-order valence-electron chi connectivity index (χ0n) is 15.7. The number of ether oxygens (including phenoxy) is 1. The Morgan fingerprint density at radius 1 is 1.17 bits per heavy atom. The molecular weight excluding hydrogens is 404 g/mol. The molecule has 0 bridgehead atoms. The van der Waals surface area contributed by atoms with Gasteiger partial charge in [0.1, 0.15) is 5.82 Å².